The van der Waals surface area contributed by atoms with Gasteiger partial charge in [0, 0.05) is 11.6 Å². The highest BCUT2D eigenvalue weighted by molar-refractivity contribution is 7.89. The maximum atomic E-state index is 13.0. The van der Waals surface area contributed by atoms with Gasteiger partial charge in [-0.3, -0.25) is 0 Å². The average Bonchev–Trinajstić information content (AvgIpc) is 2.67. The van der Waals surface area contributed by atoms with Crippen LogP contribution < -0.4 is 14.4 Å². The average molecular weight is 404 g/mol. The molecule has 1 fully saturated rings. The molecule has 150 valence electrons. The molecular formula is C21H27N2O4S+. The lowest BCUT2D eigenvalue weighted by molar-refractivity contribution is -0.917. The molecule has 0 aromatic heterocycles. The van der Waals surface area contributed by atoms with Crippen molar-refractivity contribution in [2.75, 3.05) is 39.4 Å². The number of benzene rings is 2. The molecular weight excluding hydrogens is 376 g/mol. The van der Waals surface area contributed by atoms with E-state index < -0.39 is 10.0 Å². The van der Waals surface area contributed by atoms with Gasteiger partial charge in [-0.1, -0.05) is 29.3 Å². The zero-order chi connectivity index (χ0) is 19.7. The van der Waals surface area contributed by atoms with Crippen molar-refractivity contribution >= 4 is 10.0 Å². The molecule has 0 bridgehead atoms. The van der Waals surface area contributed by atoms with Crippen molar-refractivity contribution in [3.63, 3.8) is 0 Å². The molecule has 0 atom stereocenters. The molecule has 0 unspecified atom stereocenters. The molecule has 0 radical (unpaired) electrons. The van der Waals surface area contributed by atoms with Crippen LogP contribution in [0.15, 0.2) is 41.3 Å². The standard InChI is InChI=1S/C21H26N2O4S/c1-16-11-17(2)13-18(12-16)15-22-5-7-23(8-6-22)28(24,25)19-3-4-20-21(14-19)27-10-9-26-20/h3-4,11-14H,5-10,15H2,1-2H3/p+1. The van der Waals surface area contributed by atoms with Crippen LogP contribution in [-0.2, 0) is 16.6 Å². The van der Waals surface area contributed by atoms with Crippen LogP contribution in [0.25, 0.3) is 0 Å². The fraction of sp³-hybridized carbons (Fsp3) is 0.429. The summed E-state index contributed by atoms with van der Waals surface area (Å²) in [5.74, 6) is 1.11. The van der Waals surface area contributed by atoms with E-state index in [4.69, 9.17) is 9.47 Å². The van der Waals surface area contributed by atoms with Gasteiger partial charge in [-0.15, -0.1) is 0 Å². The van der Waals surface area contributed by atoms with Crippen LogP contribution >= 0.6 is 0 Å². The molecule has 2 aliphatic rings. The number of nitrogens with zero attached hydrogens (tertiary/aromatic N) is 1. The number of piperazine rings is 1. The Labute approximate surface area is 166 Å². The quantitative estimate of drug-likeness (QED) is 0.833. The molecule has 1 N–H and O–H groups in total. The number of ether oxygens (including phenoxy) is 2. The third-order valence-corrected chi connectivity index (χ3v) is 7.21. The van der Waals surface area contributed by atoms with Crippen LogP contribution in [0.3, 0.4) is 0 Å². The summed E-state index contributed by atoms with van der Waals surface area (Å²) in [6.07, 6.45) is 0. The van der Waals surface area contributed by atoms with Crippen molar-refractivity contribution < 1.29 is 22.8 Å². The van der Waals surface area contributed by atoms with Crippen molar-refractivity contribution in [1.29, 1.82) is 0 Å². The molecule has 2 aromatic carbocycles. The minimum Gasteiger partial charge on any atom is -0.486 e. The van der Waals surface area contributed by atoms with Crippen LogP contribution in [0.2, 0.25) is 0 Å². The Kier molecular flexibility index (Phi) is 5.31. The van der Waals surface area contributed by atoms with Gasteiger partial charge >= 0.3 is 0 Å². The monoisotopic (exact) mass is 403 g/mol. The minimum absolute atomic E-state index is 0.273. The number of quaternary nitrogens is 1. The highest BCUT2D eigenvalue weighted by Crippen LogP contribution is 2.33. The van der Waals surface area contributed by atoms with E-state index in [1.807, 2.05) is 0 Å². The molecule has 1 saturated heterocycles. The van der Waals surface area contributed by atoms with E-state index >= 15 is 0 Å². The Hall–Kier alpha value is -2.09. The summed E-state index contributed by atoms with van der Waals surface area (Å²) in [7, 11) is -3.52. The molecule has 2 aliphatic heterocycles. The minimum atomic E-state index is -3.52. The highest BCUT2D eigenvalue weighted by Gasteiger charge is 2.31. The van der Waals surface area contributed by atoms with E-state index in [0.717, 1.165) is 19.6 Å². The first-order valence-corrected chi connectivity index (χ1v) is 11.2. The van der Waals surface area contributed by atoms with Crippen LogP contribution in [0, 0.1) is 13.8 Å². The fourth-order valence-electron chi connectivity index (χ4n) is 4.01. The maximum absolute atomic E-state index is 13.0. The molecule has 4 rings (SSSR count). The van der Waals surface area contributed by atoms with E-state index in [0.29, 0.717) is 37.8 Å². The summed E-state index contributed by atoms with van der Waals surface area (Å²) in [5.41, 5.74) is 3.86. The van der Waals surface area contributed by atoms with Crippen LogP contribution in [0.5, 0.6) is 11.5 Å². The van der Waals surface area contributed by atoms with Crippen molar-refractivity contribution in [2.24, 2.45) is 0 Å². The van der Waals surface area contributed by atoms with Gasteiger partial charge in [-0.2, -0.15) is 4.31 Å². The van der Waals surface area contributed by atoms with Gasteiger partial charge in [0.15, 0.2) is 11.5 Å². The Balaban J connectivity index is 1.42. The molecule has 0 aliphatic carbocycles. The molecule has 0 saturated carbocycles. The number of hydrogen-bond donors (Lipinski definition) is 1. The Morgan fingerprint density at radius 2 is 1.57 bits per heavy atom. The molecule has 7 heteroatoms. The predicted molar refractivity (Wildman–Crippen MR) is 107 cm³/mol. The topological polar surface area (TPSA) is 60.3 Å². The van der Waals surface area contributed by atoms with Gasteiger partial charge < -0.3 is 14.4 Å². The van der Waals surface area contributed by atoms with Gasteiger partial charge in [0.05, 0.1) is 31.1 Å². The van der Waals surface area contributed by atoms with E-state index in [9.17, 15) is 8.42 Å². The summed E-state index contributed by atoms with van der Waals surface area (Å²) in [4.78, 5) is 1.69. The second-order valence-electron chi connectivity index (χ2n) is 7.63. The molecule has 6 nitrogen and oxygen atoms in total. The van der Waals surface area contributed by atoms with Crippen molar-refractivity contribution in [3.05, 3.63) is 53.1 Å². The van der Waals surface area contributed by atoms with Crippen molar-refractivity contribution in [3.8, 4) is 11.5 Å². The second kappa shape index (κ2) is 7.73. The van der Waals surface area contributed by atoms with Gasteiger partial charge in [-0.05, 0) is 26.0 Å². The second-order valence-corrected chi connectivity index (χ2v) is 9.57. The van der Waals surface area contributed by atoms with Crippen molar-refractivity contribution in [1.82, 2.24) is 4.31 Å². The predicted octanol–water partition coefficient (Wildman–Crippen LogP) is 1.16. The maximum Gasteiger partial charge on any atom is 0.243 e. The fourth-order valence-corrected chi connectivity index (χ4v) is 5.47. The molecule has 2 aromatic rings. The summed E-state index contributed by atoms with van der Waals surface area (Å²) in [5, 5.41) is 0. The normalized spacial score (nSPS) is 18.2. The van der Waals surface area contributed by atoms with E-state index in [-0.39, 0.29) is 4.90 Å². The molecule has 28 heavy (non-hydrogen) atoms. The van der Waals surface area contributed by atoms with Gasteiger partial charge in [0.1, 0.15) is 19.8 Å². The first kappa shape index (κ1) is 19.2. The summed E-state index contributed by atoms with van der Waals surface area (Å²) >= 11 is 0. The number of sulfonamides is 1. The van der Waals surface area contributed by atoms with E-state index in [1.165, 1.54) is 21.6 Å². The Morgan fingerprint density at radius 3 is 2.25 bits per heavy atom. The van der Waals surface area contributed by atoms with Gasteiger partial charge in [0.25, 0.3) is 0 Å². The smallest absolute Gasteiger partial charge is 0.243 e. The summed E-state index contributed by atoms with van der Waals surface area (Å²) in [6, 6.07) is 11.5. The zero-order valence-electron chi connectivity index (χ0n) is 16.4. The van der Waals surface area contributed by atoms with Crippen LogP contribution in [-0.4, -0.2) is 52.1 Å². The zero-order valence-corrected chi connectivity index (χ0v) is 17.2. The van der Waals surface area contributed by atoms with Gasteiger partial charge in [-0.25, -0.2) is 8.42 Å². The Morgan fingerprint density at radius 1 is 0.929 bits per heavy atom. The Bertz CT molecular complexity index is 946. The summed E-state index contributed by atoms with van der Waals surface area (Å²) < 4.78 is 38.7. The lowest BCUT2D eigenvalue weighted by Crippen LogP contribution is -3.13. The van der Waals surface area contributed by atoms with E-state index in [2.05, 4.69) is 32.0 Å². The molecule has 0 spiro atoms. The van der Waals surface area contributed by atoms with Crippen LogP contribution in [0.4, 0.5) is 0 Å². The first-order chi connectivity index (χ1) is 13.4. The number of hydrogen-bond acceptors (Lipinski definition) is 4. The first-order valence-electron chi connectivity index (χ1n) is 9.72. The molecule has 0 amide bonds. The molecule has 2 heterocycles. The third-order valence-electron chi connectivity index (χ3n) is 5.32. The van der Waals surface area contributed by atoms with Gasteiger partial charge in [0.2, 0.25) is 10.0 Å². The SMILES string of the molecule is Cc1cc(C)cc(C[NH+]2CCN(S(=O)(=O)c3ccc4c(c3)OCCO4)CC2)c1. The highest BCUT2D eigenvalue weighted by atomic mass is 32.2. The number of aryl methyl sites for hydroxylation is 2. The lowest BCUT2D eigenvalue weighted by atomic mass is 10.1. The summed E-state index contributed by atoms with van der Waals surface area (Å²) in [6.45, 7) is 8.75. The van der Waals surface area contributed by atoms with Crippen LogP contribution in [0.1, 0.15) is 16.7 Å². The number of fused-ring (bicyclic) bond motifs is 1. The number of nitrogens with one attached hydrogen (secondary N) is 1. The largest absolute Gasteiger partial charge is 0.486 e. The number of rotatable bonds is 4. The third kappa shape index (κ3) is 4.01. The van der Waals surface area contributed by atoms with Crippen molar-refractivity contribution in [2.45, 2.75) is 25.3 Å². The van der Waals surface area contributed by atoms with E-state index in [1.54, 1.807) is 22.5 Å². The lowest BCUT2D eigenvalue weighted by Gasteiger charge is -2.32.